The second kappa shape index (κ2) is 10.8. The number of hydrogen-bond acceptors (Lipinski definition) is 2. The molecule has 4 aromatic carbocycles. The molecule has 0 aliphatic rings. The molecular weight excluding hydrogens is 457 g/mol. The molecule has 0 bridgehead atoms. The first-order valence-corrected chi connectivity index (χ1v) is 15.6. The fraction of sp³-hybridized carbons (Fsp3) is 0. The molecule has 0 aliphatic carbocycles. The van der Waals surface area contributed by atoms with E-state index >= 15 is 0 Å². The highest BCUT2D eigenvalue weighted by atomic mass is 28.4. The summed E-state index contributed by atoms with van der Waals surface area (Å²) in [5.41, 5.74) is 3.73. The Morgan fingerprint density at radius 1 is 0.562 bits per heavy atom. The van der Waals surface area contributed by atoms with Gasteiger partial charge in [-0.1, -0.05) is 121 Å². The summed E-state index contributed by atoms with van der Waals surface area (Å²) in [6, 6.07) is 43.2. The smallest absolute Gasteiger partial charge is 0.271 e. The zero-order valence-electron chi connectivity index (χ0n) is 18.6. The van der Waals surface area contributed by atoms with Gasteiger partial charge in [0.2, 0.25) is 0 Å². The largest absolute Gasteiger partial charge is 0.465 e. The Bertz CT molecular complexity index is 1070. The molecule has 0 aromatic heterocycles. The molecule has 4 aromatic rings. The Labute approximate surface area is 200 Å². The molecule has 160 valence electrons. The normalized spacial score (nSPS) is 11.8. The fourth-order valence-electron chi connectivity index (χ4n) is 4.44. The maximum atomic E-state index is 6.84. The van der Waals surface area contributed by atoms with E-state index < -0.39 is 18.1 Å². The van der Waals surface area contributed by atoms with E-state index in [0.717, 1.165) is 10.5 Å². The van der Waals surface area contributed by atoms with Crippen LogP contribution >= 0.6 is 0 Å². The third-order valence-electron chi connectivity index (χ3n) is 5.81. The van der Waals surface area contributed by atoms with Gasteiger partial charge in [0.05, 0.1) is 0 Å². The summed E-state index contributed by atoms with van der Waals surface area (Å²) in [4.78, 5) is 1.40. The third-order valence-corrected chi connectivity index (χ3v) is 15.4. The molecule has 32 heavy (non-hydrogen) atoms. The summed E-state index contributed by atoms with van der Waals surface area (Å²) in [7, 11) is -2.33. The van der Waals surface area contributed by atoms with Crippen LogP contribution in [0.1, 0.15) is 11.1 Å². The monoisotopic (exact) mass is 484 g/mol. The lowest BCUT2D eigenvalue weighted by Gasteiger charge is -2.36. The average molecular weight is 485 g/mol. The van der Waals surface area contributed by atoms with E-state index in [4.69, 9.17) is 8.23 Å². The van der Waals surface area contributed by atoms with Crippen molar-refractivity contribution >= 4 is 55.0 Å². The van der Waals surface area contributed by atoms with E-state index in [2.05, 4.69) is 121 Å². The molecule has 0 atom stereocenters. The lowest BCUT2D eigenvalue weighted by molar-refractivity contribution is 0.633. The Morgan fingerprint density at radius 3 is 1.28 bits per heavy atom. The average Bonchev–Trinajstić information content (AvgIpc) is 2.88. The van der Waals surface area contributed by atoms with Crippen LogP contribution in [0.3, 0.4) is 0 Å². The van der Waals surface area contributed by atoms with Crippen molar-refractivity contribution in [1.29, 1.82) is 0 Å². The molecule has 4 rings (SSSR count). The second-order valence-electron chi connectivity index (χ2n) is 7.64. The molecule has 0 aliphatic heterocycles. The van der Waals surface area contributed by atoms with Crippen molar-refractivity contribution in [2.24, 2.45) is 0 Å². The van der Waals surface area contributed by atoms with Crippen molar-refractivity contribution in [3.63, 3.8) is 0 Å². The highest BCUT2D eigenvalue weighted by molar-refractivity contribution is 7.10. The number of rotatable bonds is 8. The van der Waals surface area contributed by atoms with Gasteiger partial charge in [0.1, 0.15) is 21.0 Å². The van der Waals surface area contributed by atoms with Gasteiger partial charge in [-0.3, -0.25) is 0 Å². The zero-order valence-corrected chi connectivity index (χ0v) is 25.0. The molecule has 0 N–H and O–H groups in total. The van der Waals surface area contributed by atoms with Gasteiger partial charge in [-0.2, -0.15) is 0 Å². The van der Waals surface area contributed by atoms with Gasteiger partial charge < -0.3 is 8.23 Å². The van der Waals surface area contributed by atoms with Crippen LogP contribution in [-0.2, 0) is 8.23 Å². The summed E-state index contributed by atoms with van der Waals surface area (Å²) in [6.45, 7) is 0. The SMILES string of the molecule is [SiH3]O[SiH2]C(=C(c1ccccc1)c1ccccc1)[Si](O[SiH3])(c1ccccc1)c1ccccc1. The van der Waals surface area contributed by atoms with Crippen molar-refractivity contribution in [3.8, 4) is 0 Å². The maximum absolute atomic E-state index is 6.84. The summed E-state index contributed by atoms with van der Waals surface area (Å²) in [5.74, 6) is 0. The van der Waals surface area contributed by atoms with Crippen LogP contribution in [0.2, 0.25) is 0 Å². The Hall–Kier alpha value is -2.59. The van der Waals surface area contributed by atoms with Crippen LogP contribution in [0, 0.1) is 0 Å². The van der Waals surface area contributed by atoms with Crippen LogP contribution in [0.15, 0.2) is 126 Å². The maximum Gasteiger partial charge on any atom is 0.271 e. The van der Waals surface area contributed by atoms with Crippen molar-refractivity contribution in [2.45, 2.75) is 0 Å². The lowest BCUT2D eigenvalue weighted by Crippen LogP contribution is -2.64. The summed E-state index contributed by atoms with van der Waals surface area (Å²) in [6.07, 6.45) is 0. The minimum atomic E-state index is -2.70. The third kappa shape index (κ3) is 4.47. The Morgan fingerprint density at radius 2 is 0.938 bits per heavy atom. The molecule has 2 nitrogen and oxygen atoms in total. The molecule has 0 radical (unpaired) electrons. The van der Waals surface area contributed by atoms with E-state index in [9.17, 15) is 0 Å². The fourth-order valence-corrected chi connectivity index (χ4v) is 16.6. The topological polar surface area (TPSA) is 18.5 Å². The molecule has 0 heterocycles. The number of hydrogen-bond donors (Lipinski definition) is 0. The van der Waals surface area contributed by atoms with E-state index in [1.54, 1.807) is 0 Å². The Balaban J connectivity index is 2.14. The lowest BCUT2D eigenvalue weighted by atomic mass is 10.00. The first kappa shape index (κ1) is 22.6. The summed E-state index contributed by atoms with van der Waals surface area (Å²) >= 11 is 0. The second-order valence-corrected chi connectivity index (χ2v) is 16.4. The minimum Gasteiger partial charge on any atom is -0.465 e. The molecule has 0 saturated heterocycles. The quantitative estimate of drug-likeness (QED) is 0.352. The number of benzene rings is 4. The van der Waals surface area contributed by atoms with E-state index in [0.29, 0.717) is 10.5 Å². The van der Waals surface area contributed by atoms with Crippen molar-refractivity contribution < 1.29 is 8.23 Å². The van der Waals surface area contributed by atoms with Crippen LogP contribution < -0.4 is 10.4 Å². The zero-order chi connectivity index (χ0) is 22.2. The van der Waals surface area contributed by atoms with Crippen molar-refractivity contribution in [2.75, 3.05) is 0 Å². The Kier molecular flexibility index (Phi) is 7.64. The van der Waals surface area contributed by atoms with Crippen molar-refractivity contribution in [1.82, 2.24) is 0 Å². The van der Waals surface area contributed by atoms with Crippen LogP contribution in [0.5, 0.6) is 0 Å². The molecule has 0 saturated carbocycles. The van der Waals surface area contributed by atoms with Gasteiger partial charge in [-0.25, -0.2) is 0 Å². The van der Waals surface area contributed by atoms with Gasteiger partial charge in [-0.05, 0) is 31.9 Å². The summed E-state index contributed by atoms with van der Waals surface area (Å²) in [5, 5.41) is 2.57. The van der Waals surface area contributed by atoms with Gasteiger partial charge in [0, 0.05) is 0 Å². The standard InChI is InChI=1S/C26H28O2Si4/c29-27-31-26(25(21-13-5-1-6-14-21)22-15-7-2-8-16-22)32(28-30,23-17-9-3-10-18-23)24-19-11-4-12-20-24/h1-20H,31H2,29-30H3. The van der Waals surface area contributed by atoms with E-state index in [1.807, 2.05) is 0 Å². The molecule has 0 fully saturated rings. The molecule has 0 unspecified atom stereocenters. The predicted molar refractivity (Wildman–Crippen MR) is 147 cm³/mol. The van der Waals surface area contributed by atoms with E-state index in [-0.39, 0.29) is 0 Å². The highest BCUT2D eigenvalue weighted by Gasteiger charge is 2.44. The van der Waals surface area contributed by atoms with E-state index in [1.165, 1.54) is 31.9 Å². The van der Waals surface area contributed by atoms with Gasteiger partial charge >= 0.3 is 0 Å². The van der Waals surface area contributed by atoms with Gasteiger partial charge in [0.25, 0.3) is 8.32 Å². The molecular formula is C26H28O2Si4. The van der Waals surface area contributed by atoms with Crippen LogP contribution in [0.4, 0.5) is 0 Å². The first-order chi connectivity index (χ1) is 15.8. The van der Waals surface area contributed by atoms with Gasteiger partial charge in [0.15, 0.2) is 9.76 Å². The van der Waals surface area contributed by atoms with Crippen LogP contribution in [-0.4, -0.2) is 39.1 Å². The molecule has 6 heteroatoms. The van der Waals surface area contributed by atoms with Gasteiger partial charge in [-0.15, -0.1) is 0 Å². The van der Waals surface area contributed by atoms with Crippen molar-refractivity contribution in [3.05, 3.63) is 137 Å². The molecule has 0 amide bonds. The summed E-state index contributed by atoms with van der Waals surface area (Å²) < 4.78 is 13.0. The first-order valence-electron chi connectivity index (χ1n) is 10.8. The van der Waals surface area contributed by atoms with Crippen LogP contribution in [0.25, 0.3) is 5.57 Å². The molecule has 0 spiro atoms. The predicted octanol–water partition coefficient (Wildman–Crippen LogP) is 1.42. The highest BCUT2D eigenvalue weighted by Crippen LogP contribution is 2.31. The minimum absolute atomic E-state index is 0.647.